The van der Waals surface area contributed by atoms with Gasteiger partial charge < -0.3 is 14.4 Å². The lowest BCUT2D eigenvalue weighted by Gasteiger charge is -2.26. The number of benzene rings is 2. The number of rotatable bonds is 7. The van der Waals surface area contributed by atoms with E-state index in [4.69, 9.17) is 9.72 Å². The first-order valence-corrected chi connectivity index (χ1v) is 9.59. The zero-order chi connectivity index (χ0) is 17.9. The van der Waals surface area contributed by atoms with E-state index in [-0.39, 0.29) is 6.61 Å². The Kier molecular flexibility index (Phi) is 4.93. The highest BCUT2D eigenvalue weighted by Gasteiger charge is 2.26. The van der Waals surface area contributed by atoms with Crippen molar-refractivity contribution in [3.63, 3.8) is 0 Å². The van der Waals surface area contributed by atoms with Crippen molar-refractivity contribution in [2.24, 2.45) is 0 Å². The third-order valence-corrected chi connectivity index (χ3v) is 5.32. The van der Waals surface area contributed by atoms with E-state index in [1.54, 1.807) is 0 Å². The monoisotopic (exact) mass is 350 g/mol. The van der Waals surface area contributed by atoms with Crippen LogP contribution in [0.1, 0.15) is 43.5 Å². The number of fused-ring (bicyclic) bond motifs is 1. The van der Waals surface area contributed by atoms with Crippen molar-refractivity contribution in [1.29, 1.82) is 0 Å². The standard InChI is InChI=1S/C22H26N2O2/c1-2-16-10-12-19(13-11-16)26-15-18(25)14-24-21-9-4-3-8-20(21)23-22(24)17-6-5-7-17/h3-4,8-13,17-18,25H,2,5-7,14-15H2,1H3. The first-order chi connectivity index (χ1) is 12.7. The molecular formula is C22H26N2O2. The highest BCUT2D eigenvalue weighted by atomic mass is 16.5. The summed E-state index contributed by atoms with van der Waals surface area (Å²) in [5.74, 6) is 2.44. The number of imidazole rings is 1. The smallest absolute Gasteiger partial charge is 0.119 e. The minimum Gasteiger partial charge on any atom is -0.491 e. The first kappa shape index (κ1) is 17.1. The summed E-state index contributed by atoms with van der Waals surface area (Å²) in [6, 6.07) is 16.3. The zero-order valence-corrected chi connectivity index (χ0v) is 15.3. The van der Waals surface area contributed by atoms with E-state index in [2.05, 4.69) is 29.7 Å². The molecule has 1 fully saturated rings. The molecule has 1 atom stereocenters. The van der Waals surface area contributed by atoms with Crippen LogP contribution in [0, 0.1) is 0 Å². The second kappa shape index (κ2) is 7.50. The van der Waals surface area contributed by atoms with Crippen LogP contribution in [-0.2, 0) is 13.0 Å². The quantitative estimate of drug-likeness (QED) is 0.691. The van der Waals surface area contributed by atoms with E-state index >= 15 is 0 Å². The van der Waals surface area contributed by atoms with Crippen LogP contribution in [0.2, 0.25) is 0 Å². The van der Waals surface area contributed by atoms with E-state index < -0.39 is 6.10 Å². The van der Waals surface area contributed by atoms with Crippen LogP contribution in [-0.4, -0.2) is 27.4 Å². The maximum atomic E-state index is 10.6. The van der Waals surface area contributed by atoms with Gasteiger partial charge in [-0.2, -0.15) is 0 Å². The Morgan fingerprint density at radius 3 is 2.62 bits per heavy atom. The van der Waals surface area contributed by atoms with Gasteiger partial charge in [0.1, 0.15) is 24.3 Å². The first-order valence-electron chi connectivity index (χ1n) is 9.59. The predicted molar refractivity (Wildman–Crippen MR) is 104 cm³/mol. The highest BCUT2D eigenvalue weighted by molar-refractivity contribution is 5.76. The maximum absolute atomic E-state index is 10.6. The van der Waals surface area contributed by atoms with Crippen LogP contribution in [0.4, 0.5) is 0 Å². The van der Waals surface area contributed by atoms with Gasteiger partial charge in [0, 0.05) is 5.92 Å². The Morgan fingerprint density at radius 1 is 1.15 bits per heavy atom. The Labute approximate surface area is 154 Å². The number of nitrogens with zero attached hydrogens (tertiary/aromatic N) is 2. The number of hydrogen-bond donors (Lipinski definition) is 1. The second-order valence-corrected chi connectivity index (χ2v) is 7.16. The number of hydrogen-bond acceptors (Lipinski definition) is 3. The third-order valence-electron chi connectivity index (χ3n) is 5.32. The van der Waals surface area contributed by atoms with E-state index in [0.717, 1.165) is 29.0 Å². The van der Waals surface area contributed by atoms with Crippen LogP contribution in [0.15, 0.2) is 48.5 Å². The minimum absolute atomic E-state index is 0.280. The molecule has 0 saturated heterocycles. The van der Waals surface area contributed by atoms with Crippen molar-refractivity contribution in [1.82, 2.24) is 9.55 Å². The zero-order valence-electron chi connectivity index (χ0n) is 15.3. The van der Waals surface area contributed by atoms with Gasteiger partial charge in [0.2, 0.25) is 0 Å². The van der Waals surface area contributed by atoms with E-state index in [1.807, 2.05) is 30.3 Å². The molecule has 3 aromatic rings. The molecule has 0 bridgehead atoms. The molecule has 26 heavy (non-hydrogen) atoms. The fraction of sp³-hybridized carbons (Fsp3) is 0.409. The van der Waals surface area contributed by atoms with Crippen molar-refractivity contribution >= 4 is 11.0 Å². The van der Waals surface area contributed by atoms with Gasteiger partial charge in [-0.25, -0.2) is 4.98 Å². The van der Waals surface area contributed by atoms with Crippen LogP contribution in [0.5, 0.6) is 5.75 Å². The molecule has 1 aromatic heterocycles. The molecule has 0 radical (unpaired) electrons. The van der Waals surface area contributed by atoms with E-state index in [9.17, 15) is 5.11 Å². The molecule has 1 aliphatic carbocycles. The topological polar surface area (TPSA) is 47.3 Å². The normalized spacial score (nSPS) is 15.8. The summed E-state index contributed by atoms with van der Waals surface area (Å²) < 4.78 is 7.97. The summed E-state index contributed by atoms with van der Waals surface area (Å²) in [5, 5.41) is 10.6. The summed E-state index contributed by atoms with van der Waals surface area (Å²) in [6.07, 6.45) is 4.10. The third kappa shape index (κ3) is 3.47. The Morgan fingerprint density at radius 2 is 1.92 bits per heavy atom. The summed E-state index contributed by atoms with van der Waals surface area (Å²) >= 11 is 0. The van der Waals surface area contributed by atoms with Crippen LogP contribution >= 0.6 is 0 Å². The Hall–Kier alpha value is -2.33. The van der Waals surface area contributed by atoms with Gasteiger partial charge in [0.05, 0.1) is 17.6 Å². The molecule has 1 aliphatic rings. The fourth-order valence-electron chi connectivity index (χ4n) is 3.54. The number of ether oxygens (including phenoxy) is 1. The second-order valence-electron chi connectivity index (χ2n) is 7.16. The number of aromatic nitrogens is 2. The van der Waals surface area contributed by atoms with Gasteiger partial charge in [-0.15, -0.1) is 0 Å². The summed E-state index contributed by atoms with van der Waals surface area (Å²) in [4.78, 5) is 4.84. The molecular weight excluding hydrogens is 324 g/mol. The lowest BCUT2D eigenvalue weighted by molar-refractivity contribution is 0.0919. The van der Waals surface area contributed by atoms with Gasteiger partial charge in [0.15, 0.2) is 0 Å². The van der Waals surface area contributed by atoms with Crippen LogP contribution < -0.4 is 4.74 Å². The number of aliphatic hydroxyl groups is 1. The van der Waals surface area contributed by atoms with Crippen LogP contribution in [0.25, 0.3) is 11.0 Å². The van der Waals surface area contributed by atoms with Crippen LogP contribution in [0.3, 0.4) is 0 Å². The van der Waals surface area contributed by atoms with Crippen molar-refractivity contribution in [3.8, 4) is 5.75 Å². The molecule has 0 spiro atoms. The Balaban J connectivity index is 1.47. The largest absolute Gasteiger partial charge is 0.491 e. The number of aryl methyl sites for hydroxylation is 1. The molecule has 1 saturated carbocycles. The molecule has 4 nitrogen and oxygen atoms in total. The van der Waals surface area contributed by atoms with Crippen molar-refractivity contribution < 1.29 is 9.84 Å². The van der Waals surface area contributed by atoms with Gasteiger partial charge in [-0.1, -0.05) is 37.6 Å². The van der Waals surface area contributed by atoms with Crippen molar-refractivity contribution in [2.75, 3.05) is 6.61 Å². The predicted octanol–water partition coefficient (Wildman–Crippen LogP) is 4.31. The molecule has 0 aliphatic heterocycles. The maximum Gasteiger partial charge on any atom is 0.119 e. The average Bonchev–Trinajstić information content (AvgIpc) is 2.97. The molecule has 2 aromatic carbocycles. The lowest BCUT2D eigenvalue weighted by Crippen LogP contribution is -2.26. The summed E-state index contributed by atoms with van der Waals surface area (Å²) in [7, 11) is 0. The van der Waals surface area contributed by atoms with Gasteiger partial charge in [-0.3, -0.25) is 0 Å². The molecule has 1 heterocycles. The Bertz CT molecular complexity index is 865. The molecule has 0 amide bonds. The molecule has 1 N–H and O–H groups in total. The fourth-order valence-corrected chi connectivity index (χ4v) is 3.54. The SMILES string of the molecule is CCc1ccc(OCC(O)Cn2c(C3CCC3)nc3ccccc32)cc1. The van der Waals surface area contributed by atoms with E-state index in [0.29, 0.717) is 12.5 Å². The van der Waals surface area contributed by atoms with Gasteiger partial charge >= 0.3 is 0 Å². The molecule has 1 unspecified atom stereocenters. The molecule has 136 valence electrons. The summed E-state index contributed by atoms with van der Waals surface area (Å²) in [5.41, 5.74) is 3.39. The molecule has 4 rings (SSSR count). The van der Waals surface area contributed by atoms with E-state index in [1.165, 1.54) is 24.8 Å². The summed E-state index contributed by atoms with van der Waals surface area (Å²) in [6.45, 7) is 2.93. The van der Waals surface area contributed by atoms with Gasteiger partial charge in [-0.05, 0) is 49.1 Å². The average molecular weight is 350 g/mol. The van der Waals surface area contributed by atoms with Crippen molar-refractivity contribution in [2.45, 2.75) is 51.2 Å². The number of aliphatic hydroxyl groups excluding tert-OH is 1. The molecule has 4 heteroatoms. The van der Waals surface area contributed by atoms with Crippen molar-refractivity contribution in [3.05, 3.63) is 59.9 Å². The highest BCUT2D eigenvalue weighted by Crippen LogP contribution is 2.37. The lowest BCUT2D eigenvalue weighted by atomic mass is 9.85. The number of para-hydroxylation sites is 2. The van der Waals surface area contributed by atoms with Gasteiger partial charge in [0.25, 0.3) is 0 Å². The minimum atomic E-state index is -0.572.